The Morgan fingerprint density at radius 1 is 1.03 bits per heavy atom. The summed E-state index contributed by atoms with van der Waals surface area (Å²) in [7, 11) is 0. The van der Waals surface area contributed by atoms with Crippen molar-refractivity contribution in [3.8, 4) is 0 Å². The van der Waals surface area contributed by atoms with E-state index in [0.29, 0.717) is 6.10 Å². The molecule has 3 aliphatic rings. The van der Waals surface area contributed by atoms with E-state index in [1.165, 1.54) is 42.7 Å². The smallest absolute Gasteiger partial charge is 0.475 e. The summed E-state index contributed by atoms with van der Waals surface area (Å²) in [6.07, 6.45) is -4.76. The SMILES string of the molecule is Cc1ccsc1CN1CC[C@]2(CCC[C@@H](CN3CCOCC3)O2)C1.O=C(O)C(F)(F)F.O=C(O)C(F)(F)F. The highest BCUT2D eigenvalue weighted by Gasteiger charge is 2.43. The number of nitrogens with zero attached hydrogens (tertiary/aromatic N) is 2. The van der Waals surface area contributed by atoms with E-state index in [2.05, 4.69) is 28.2 Å². The lowest BCUT2D eigenvalue weighted by Gasteiger charge is -2.41. The number of carboxylic acid groups (broad SMARTS) is 2. The topological polar surface area (TPSA) is 99.5 Å². The summed E-state index contributed by atoms with van der Waals surface area (Å²) in [6, 6.07) is 2.24. The zero-order valence-corrected chi connectivity index (χ0v) is 21.6. The maximum absolute atomic E-state index is 10.6. The maximum Gasteiger partial charge on any atom is 0.490 e. The van der Waals surface area contributed by atoms with Crippen LogP contribution < -0.4 is 0 Å². The van der Waals surface area contributed by atoms with E-state index < -0.39 is 24.3 Å². The summed E-state index contributed by atoms with van der Waals surface area (Å²) in [5.74, 6) is -5.51. The van der Waals surface area contributed by atoms with E-state index in [-0.39, 0.29) is 5.60 Å². The minimum Gasteiger partial charge on any atom is -0.475 e. The number of alkyl halides is 6. The molecule has 0 aliphatic carbocycles. The second-order valence-electron chi connectivity index (χ2n) is 9.32. The van der Waals surface area contributed by atoms with Crippen molar-refractivity contribution >= 4 is 23.3 Å². The number of morpholine rings is 1. The van der Waals surface area contributed by atoms with Crippen LogP contribution in [-0.4, -0.2) is 102 Å². The van der Waals surface area contributed by atoms with Crippen LogP contribution in [0.4, 0.5) is 26.3 Å². The summed E-state index contributed by atoms with van der Waals surface area (Å²) in [5.41, 5.74) is 1.57. The first kappa shape index (κ1) is 32.3. The molecule has 15 heteroatoms. The second kappa shape index (κ2) is 13.9. The zero-order valence-electron chi connectivity index (χ0n) is 20.8. The number of halogens is 6. The van der Waals surface area contributed by atoms with Gasteiger partial charge in [-0.3, -0.25) is 9.80 Å². The number of rotatable bonds is 4. The first-order valence-corrected chi connectivity index (χ1v) is 12.8. The Balaban J connectivity index is 0.000000301. The van der Waals surface area contributed by atoms with E-state index in [1.807, 2.05) is 11.3 Å². The Hall–Kier alpha value is -1.94. The van der Waals surface area contributed by atoms with Crippen LogP contribution in [0.3, 0.4) is 0 Å². The van der Waals surface area contributed by atoms with Gasteiger partial charge in [-0.1, -0.05) is 0 Å². The fourth-order valence-corrected chi connectivity index (χ4v) is 5.40. The third-order valence-corrected chi connectivity index (χ3v) is 7.36. The third kappa shape index (κ3) is 10.7. The summed E-state index contributed by atoms with van der Waals surface area (Å²) in [5, 5.41) is 16.5. The summed E-state index contributed by atoms with van der Waals surface area (Å²) in [6.45, 7) is 10.6. The van der Waals surface area contributed by atoms with Crippen molar-refractivity contribution in [2.75, 3.05) is 45.9 Å². The van der Waals surface area contributed by atoms with Crippen LogP contribution in [0.25, 0.3) is 0 Å². The molecule has 0 bridgehead atoms. The van der Waals surface area contributed by atoms with Crippen LogP contribution in [0.2, 0.25) is 0 Å². The minimum absolute atomic E-state index is 0.125. The van der Waals surface area contributed by atoms with Crippen molar-refractivity contribution < 1.29 is 55.6 Å². The first-order chi connectivity index (χ1) is 17.6. The maximum atomic E-state index is 10.6. The number of hydrogen-bond donors (Lipinski definition) is 2. The van der Waals surface area contributed by atoms with Gasteiger partial charge in [-0.15, -0.1) is 11.3 Å². The lowest BCUT2D eigenvalue weighted by Crippen LogP contribution is -2.48. The molecule has 1 aromatic heterocycles. The normalized spacial score (nSPS) is 24.8. The van der Waals surface area contributed by atoms with Gasteiger partial charge in [0.1, 0.15) is 0 Å². The quantitative estimate of drug-likeness (QED) is 0.514. The summed E-state index contributed by atoms with van der Waals surface area (Å²) in [4.78, 5) is 24.4. The molecule has 0 radical (unpaired) electrons. The lowest BCUT2D eigenvalue weighted by molar-refractivity contribution is -0.193. The molecule has 218 valence electrons. The van der Waals surface area contributed by atoms with Crippen molar-refractivity contribution in [2.45, 2.75) is 63.2 Å². The Kier molecular flexibility index (Phi) is 11.8. The molecular weight excluding hydrogens is 546 g/mol. The van der Waals surface area contributed by atoms with Gasteiger partial charge in [-0.25, -0.2) is 9.59 Å². The average Bonchev–Trinajstić information content (AvgIpc) is 3.40. The van der Waals surface area contributed by atoms with Gasteiger partial charge >= 0.3 is 24.3 Å². The molecule has 0 unspecified atom stereocenters. The molecule has 8 nitrogen and oxygen atoms in total. The predicted octanol–water partition coefficient (Wildman–Crippen LogP) is 4.17. The Morgan fingerprint density at radius 2 is 1.61 bits per heavy atom. The van der Waals surface area contributed by atoms with Gasteiger partial charge < -0.3 is 19.7 Å². The number of aryl methyl sites for hydroxylation is 1. The molecule has 0 saturated carbocycles. The monoisotopic (exact) mass is 578 g/mol. The van der Waals surface area contributed by atoms with Gasteiger partial charge in [0.15, 0.2) is 0 Å². The number of thiophene rings is 1. The Bertz CT molecular complexity index is 882. The first-order valence-electron chi connectivity index (χ1n) is 11.9. The van der Waals surface area contributed by atoms with Crippen LogP contribution in [0.15, 0.2) is 11.4 Å². The van der Waals surface area contributed by atoms with Gasteiger partial charge in [0.25, 0.3) is 0 Å². The molecule has 3 fully saturated rings. The molecule has 0 aromatic carbocycles. The molecule has 2 atom stereocenters. The minimum atomic E-state index is -5.08. The fourth-order valence-electron chi connectivity index (χ4n) is 4.46. The highest BCUT2D eigenvalue weighted by atomic mass is 32.1. The van der Waals surface area contributed by atoms with E-state index in [0.717, 1.165) is 45.9 Å². The molecule has 1 aromatic rings. The van der Waals surface area contributed by atoms with Crippen molar-refractivity contribution in [2.24, 2.45) is 0 Å². The molecule has 2 N–H and O–H groups in total. The molecular formula is C23H32F6N2O6S. The largest absolute Gasteiger partial charge is 0.490 e. The predicted molar refractivity (Wildman–Crippen MR) is 125 cm³/mol. The van der Waals surface area contributed by atoms with Crippen LogP contribution in [0.5, 0.6) is 0 Å². The van der Waals surface area contributed by atoms with E-state index >= 15 is 0 Å². The molecule has 4 rings (SSSR count). The van der Waals surface area contributed by atoms with Crippen LogP contribution in [0.1, 0.15) is 36.1 Å². The van der Waals surface area contributed by atoms with E-state index in [1.54, 1.807) is 0 Å². The molecule has 0 amide bonds. The van der Waals surface area contributed by atoms with Gasteiger partial charge in [0.2, 0.25) is 0 Å². The molecule has 38 heavy (non-hydrogen) atoms. The summed E-state index contributed by atoms with van der Waals surface area (Å²) < 4.78 is 75.6. The van der Waals surface area contributed by atoms with Gasteiger partial charge in [0.05, 0.1) is 24.9 Å². The third-order valence-electron chi connectivity index (χ3n) is 6.36. The molecule has 3 aliphatic heterocycles. The van der Waals surface area contributed by atoms with Gasteiger partial charge in [-0.2, -0.15) is 26.3 Å². The van der Waals surface area contributed by atoms with Gasteiger partial charge in [-0.05, 0) is 49.6 Å². The van der Waals surface area contributed by atoms with Crippen molar-refractivity contribution in [1.82, 2.24) is 9.80 Å². The Morgan fingerprint density at radius 3 is 2.11 bits per heavy atom. The number of carboxylic acids is 2. The zero-order chi connectivity index (χ0) is 28.6. The summed E-state index contributed by atoms with van der Waals surface area (Å²) >= 11 is 1.89. The fraction of sp³-hybridized carbons (Fsp3) is 0.739. The van der Waals surface area contributed by atoms with Crippen molar-refractivity contribution in [3.63, 3.8) is 0 Å². The van der Waals surface area contributed by atoms with E-state index in [4.69, 9.17) is 29.3 Å². The number of hydrogen-bond acceptors (Lipinski definition) is 7. The lowest BCUT2D eigenvalue weighted by atomic mass is 9.90. The van der Waals surface area contributed by atoms with Crippen LogP contribution in [-0.2, 0) is 25.6 Å². The highest BCUT2D eigenvalue weighted by Crippen LogP contribution is 2.38. The number of carbonyl (C=O) groups is 2. The highest BCUT2D eigenvalue weighted by molar-refractivity contribution is 7.10. The molecule has 4 heterocycles. The van der Waals surface area contributed by atoms with Gasteiger partial charge in [0, 0.05) is 44.1 Å². The molecule has 3 saturated heterocycles. The number of ether oxygens (including phenoxy) is 2. The number of aliphatic carboxylic acids is 2. The van der Waals surface area contributed by atoms with Crippen LogP contribution in [0, 0.1) is 6.92 Å². The Labute approximate surface area is 220 Å². The van der Waals surface area contributed by atoms with Crippen molar-refractivity contribution in [1.29, 1.82) is 0 Å². The molecule has 1 spiro atoms. The van der Waals surface area contributed by atoms with Crippen LogP contribution >= 0.6 is 11.3 Å². The van der Waals surface area contributed by atoms with Crippen molar-refractivity contribution in [3.05, 3.63) is 21.9 Å². The standard InChI is InChI=1S/C19H30N2O2S.2C2HF3O2/c1-16-4-12-24-18(16)14-21-7-6-19(15-21)5-2-3-17(23-19)13-20-8-10-22-11-9-20;2*3-2(4,5)1(6)7/h4,12,17H,2-3,5-11,13-15H2,1H3;2*(H,6,7)/t17-,19+;;/m0../s1. The average molecular weight is 579 g/mol. The number of likely N-dealkylation sites (tertiary alicyclic amines) is 1. The van der Waals surface area contributed by atoms with E-state index in [9.17, 15) is 26.3 Å². The second-order valence-corrected chi connectivity index (χ2v) is 10.3.